The first-order chi connectivity index (χ1) is 8.19. The number of carbonyl (C=O) groups excluding carboxylic acids is 1. The van der Waals surface area contributed by atoms with Crippen LogP contribution in [-0.4, -0.2) is 19.6 Å². The largest absolute Gasteiger partial charge is 0.496 e. The van der Waals surface area contributed by atoms with Crippen molar-refractivity contribution in [2.45, 2.75) is 26.2 Å². The summed E-state index contributed by atoms with van der Waals surface area (Å²) in [6.07, 6.45) is 3.30. The lowest BCUT2D eigenvalue weighted by molar-refractivity contribution is 0.0950. The molecule has 3 nitrogen and oxygen atoms in total. The Morgan fingerprint density at radius 2 is 2.18 bits per heavy atom. The molecule has 1 N–H and O–H groups in total. The molecule has 0 saturated heterocycles. The summed E-state index contributed by atoms with van der Waals surface area (Å²) >= 11 is 3.35. The Hall–Kier alpha value is -1.03. The van der Waals surface area contributed by atoms with Gasteiger partial charge in [0.05, 0.1) is 12.7 Å². The maximum absolute atomic E-state index is 11.9. The Kier molecular flexibility index (Phi) is 6.05. The molecule has 0 spiro atoms. The van der Waals surface area contributed by atoms with E-state index in [2.05, 4.69) is 28.2 Å². The fraction of sp³-hybridized carbons (Fsp3) is 0.462. The van der Waals surface area contributed by atoms with Crippen molar-refractivity contribution < 1.29 is 9.53 Å². The predicted octanol–water partition coefficient (Wildman–Crippen LogP) is 3.38. The number of amides is 1. The summed E-state index contributed by atoms with van der Waals surface area (Å²) in [6, 6.07) is 5.39. The molecule has 0 saturated carbocycles. The maximum Gasteiger partial charge on any atom is 0.255 e. The number of rotatable bonds is 6. The van der Waals surface area contributed by atoms with Crippen molar-refractivity contribution in [1.29, 1.82) is 0 Å². The second kappa shape index (κ2) is 7.33. The molecule has 1 aromatic rings. The monoisotopic (exact) mass is 299 g/mol. The molecule has 1 amide bonds. The van der Waals surface area contributed by atoms with E-state index >= 15 is 0 Å². The third-order valence-electron chi connectivity index (χ3n) is 2.47. The number of hydrogen-bond donors (Lipinski definition) is 1. The summed E-state index contributed by atoms with van der Waals surface area (Å²) in [5.41, 5.74) is 0.576. The Balaban J connectivity index is 2.62. The number of unbranched alkanes of at least 4 members (excludes halogenated alkanes) is 2. The van der Waals surface area contributed by atoms with E-state index in [9.17, 15) is 4.79 Å². The lowest BCUT2D eigenvalue weighted by Gasteiger charge is -2.09. The third-order valence-corrected chi connectivity index (χ3v) is 2.97. The van der Waals surface area contributed by atoms with Gasteiger partial charge in [0.2, 0.25) is 0 Å². The predicted molar refractivity (Wildman–Crippen MR) is 72.6 cm³/mol. The molecule has 0 atom stereocenters. The van der Waals surface area contributed by atoms with Crippen LogP contribution in [0.15, 0.2) is 22.7 Å². The highest BCUT2D eigenvalue weighted by Crippen LogP contribution is 2.23. The van der Waals surface area contributed by atoms with E-state index in [0.29, 0.717) is 17.9 Å². The molecule has 0 fully saturated rings. The van der Waals surface area contributed by atoms with Crippen LogP contribution in [0.3, 0.4) is 0 Å². The molecule has 0 aromatic heterocycles. The minimum Gasteiger partial charge on any atom is -0.496 e. The van der Waals surface area contributed by atoms with Gasteiger partial charge in [0.1, 0.15) is 5.75 Å². The summed E-state index contributed by atoms with van der Waals surface area (Å²) in [4.78, 5) is 11.9. The van der Waals surface area contributed by atoms with E-state index in [1.165, 1.54) is 0 Å². The highest BCUT2D eigenvalue weighted by Gasteiger charge is 2.11. The quantitative estimate of drug-likeness (QED) is 0.818. The number of benzene rings is 1. The van der Waals surface area contributed by atoms with E-state index in [1.807, 2.05) is 6.07 Å². The summed E-state index contributed by atoms with van der Waals surface area (Å²) < 4.78 is 6.08. The van der Waals surface area contributed by atoms with Gasteiger partial charge in [-0.25, -0.2) is 0 Å². The lowest BCUT2D eigenvalue weighted by atomic mass is 10.2. The molecule has 4 heteroatoms. The zero-order chi connectivity index (χ0) is 12.7. The molecule has 94 valence electrons. The van der Waals surface area contributed by atoms with Crippen LogP contribution in [0.1, 0.15) is 36.5 Å². The van der Waals surface area contributed by atoms with Gasteiger partial charge in [0, 0.05) is 11.0 Å². The van der Waals surface area contributed by atoms with Crippen LogP contribution >= 0.6 is 15.9 Å². The summed E-state index contributed by atoms with van der Waals surface area (Å²) in [6.45, 7) is 2.85. The van der Waals surface area contributed by atoms with Crippen molar-refractivity contribution in [3.8, 4) is 5.75 Å². The van der Waals surface area contributed by atoms with Gasteiger partial charge in [-0.15, -0.1) is 0 Å². The Labute approximate surface area is 111 Å². The van der Waals surface area contributed by atoms with Crippen LogP contribution in [0.25, 0.3) is 0 Å². The second-order valence-electron chi connectivity index (χ2n) is 3.81. The SMILES string of the molecule is CCCCCNC(=O)c1ccc(Br)cc1OC. The first kappa shape index (κ1) is 14.0. The van der Waals surface area contributed by atoms with Crippen LogP contribution in [0, 0.1) is 0 Å². The van der Waals surface area contributed by atoms with Gasteiger partial charge in [0.25, 0.3) is 5.91 Å². The maximum atomic E-state index is 11.9. The van der Waals surface area contributed by atoms with Crippen LogP contribution in [0.4, 0.5) is 0 Å². The molecule has 0 radical (unpaired) electrons. The standard InChI is InChI=1S/C13H18BrNO2/c1-3-4-5-8-15-13(16)11-7-6-10(14)9-12(11)17-2/h6-7,9H,3-5,8H2,1-2H3,(H,15,16). The van der Waals surface area contributed by atoms with E-state index in [1.54, 1.807) is 19.2 Å². The van der Waals surface area contributed by atoms with E-state index in [0.717, 1.165) is 23.7 Å². The van der Waals surface area contributed by atoms with Crippen LogP contribution in [0.5, 0.6) is 5.75 Å². The van der Waals surface area contributed by atoms with Crippen molar-refractivity contribution in [3.63, 3.8) is 0 Å². The van der Waals surface area contributed by atoms with Crippen molar-refractivity contribution in [2.24, 2.45) is 0 Å². The molecular weight excluding hydrogens is 282 g/mol. The minimum absolute atomic E-state index is 0.0783. The number of nitrogens with one attached hydrogen (secondary N) is 1. The van der Waals surface area contributed by atoms with E-state index in [4.69, 9.17) is 4.74 Å². The molecule has 0 bridgehead atoms. The molecule has 17 heavy (non-hydrogen) atoms. The van der Waals surface area contributed by atoms with E-state index < -0.39 is 0 Å². The molecule has 0 aliphatic rings. The van der Waals surface area contributed by atoms with Crippen molar-refractivity contribution in [1.82, 2.24) is 5.32 Å². The van der Waals surface area contributed by atoms with Gasteiger partial charge in [-0.1, -0.05) is 35.7 Å². The van der Waals surface area contributed by atoms with Crippen LogP contribution in [-0.2, 0) is 0 Å². The topological polar surface area (TPSA) is 38.3 Å². The number of ether oxygens (including phenoxy) is 1. The minimum atomic E-state index is -0.0783. The van der Waals surface area contributed by atoms with Crippen LogP contribution < -0.4 is 10.1 Å². The first-order valence-corrected chi connectivity index (χ1v) is 6.60. The summed E-state index contributed by atoms with van der Waals surface area (Å²) in [5.74, 6) is 0.512. The van der Waals surface area contributed by atoms with Gasteiger partial charge >= 0.3 is 0 Å². The van der Waals surface area contributed by atoms with Gasteiger partial charge in [-0.2, -0.15) is 0 Å². The van der Waals surface area contributed by atoms with Gasteiger partial charge in [-0.05, 0) is 24.6 Å². The van der Waals surface area contributed by atoms with Crippen molar-refractivity contribution in [3.05, 3.63) is 28.2 Å². The fourth-order valence-corrected chi connectivity index (χ4v) is 1.86. The second-order valence-corrected chi connectivity index (χ2v) is 4.72. The van der Waals surface area contributed by atoms with Gasteiger partial charge in [0.15, 0.2) is 0 Å². The molecule has 1 aromatic carbocycles. The normalized spacial score (nSPS) is 10.1. The molecule has 0 heterocycles. The molecule has 0 unspecified atom stereocenters. The number of carbonyl (C=O) groups is 1. The molecule has 0 aliphatic carbocycles. The molecule has 1 rings (SSSR count). The molecular formula is C13H18BrNO2. The zero-order valence-corrected chi connectivity index (χ0v) is 11.8. The van der Waals surface area contributed by atoms with Gasteiger partial charge in [-0.3, -0.25) is 4.79 Å². The Morgan fingerprint density at radius 3 is 2.82 bits per heavy atom. The molecule has 0 aliphatic heterocycles. The fourth-order valence-electron chi connectivity index (χ4n) is 1.52. The first-order valence-electron chi connectivity index (χ1n) is 5.80. The zero-order valence-electron chi connectivity index (χ0n) is 10.3. The highest BCUT2D eigenvalue weighted by atomic mass is 79.9. The van der Waals surface area contributed by atoms with Gasteiger partial charge < -0.3 is 10.1 Å². The third kappa shape index (κ3) is 4.38. The lowest BCUT2D eigenvalue weighted by Crippen LogP contribution is -2.24. The number of hydrogen-bond acceptors (Lipinski definition) is 2. The van der Waals surface area contributed by atoms with E-state index in [-0.39, 0.29) is 5.91 Å². The highest BCUT2D eigenvalue weighted by molar-refractivity contribution is 9.10. The smallest absolute Gasteiger partial charge is 0.255 e. The average molecular weight is 300 g/mol. The van der Waals surface area contributed by atoms with Crippen molar-refractivity contribution >= 4 is 21.8 Å². The summed E-state index contributed by atoms with van der Waals surface area (Å²) in [5, 5.41) is 2.89. The average Bonchev–Trinajstić information content (AvgIpc) is 2.34. The van der Waals surface area contributed by atoms with Crippen molar-refractivity contribution in [2.75, 3.05) is 13.7 Å². The Morgan fingerprint density at radius 1 is 1.41 bits per heavy atom. The Bertz CT molecular complexity index is 380. The van der Waals surface area contributed by atoms with Crippen LogP contribution in [0.2, 0.25) is 0 Å². The number of halogens is 1. The number of methoxy groups -OCH3 is 1. The summed E-state index contributed by atoms with van der Waals surface area (Å²) in [7, 11) is 1.57.